The molecule has 0 fully saturated rings. The summed E-state index contributed by atoms with van der Waals surface area (Å²) in [4.78, 5) is 0. The van der Waals surface area contributed by atoms with Gasteiger partial charge in [0.1, 0.15) is 0 Å². The predicted molar refractivity (Wildman–Crippen MR) is 83.2 cm³/mol. The first-order chi connectivity index (χ1) is 9.49. The molecule has 0 aromatic carbocycles. The second-order valence-electron chi connectivity index (χ2n) is 5.52. The zero-order valence-corrected chi connectivity index (χ0v) is 14.0. The first kappa shape index (κ1) is 19.9. The van der Waals surface area contributed by atoms with Crippen LogP contribution in [0.15, 0.2) is 0 Å². The topological polar surface area (TPSA) is 63.6 Å². The third-order valence-electron chi connectivity index (χ3n) is 3.59. The maximum Gasteiger partial charge on any atom is 0.397 e. The summed E-state index contributed by atoms with van der Waals surface area (Å²) in [5.74, 6) is 0. The second kappa shape index (κ2) is 12.6. The van der Waals surface area contributed by atoms with Crippen LogP contribution in [0.25, 0.3) is 0 Å². The van der Waals surface area contributed by atoms with Gasteiger partial charge in [0.15, 0.2) is 0 Å². The lowest BCUT2D eigenvalue weighted by Crippen LogP contribution is -2.16. The molecular weight excluding hydrogens is 276 g/mol. The van der Waals surface area contributed by atoms with Gasteiger partial charge < -0.3 is 0 Å². The van der Waals surface area contributed by atoms with E-state index in [1.165, 1.54) is 51.4 Å². The minimum absolute atomic E-state index is 0.376. The molecule has 0 saturated carbocycles. The van der Waals surface area contributed by atoms with Crippen molar-refractivity contribution in [2.75, 3.05) is 0 Å². The molecule has 0 aliphatic rings. The molecule has 5 heteroatoms. The number of rotatable bonds is 14. The molecule has 0 rings (SSSR count). The minimum Gasteiger partial charge on any atom is -0.264 e. The molecule has 0 aliphatic carbocycles. The Morgan fingerprint density at radius 3 is 1.70 bits per heavy atom. The summed E-state index contributed by atoms with van der Waals surface area (Å²) in [6, 6.07) is 0. The Morgan fingerprint density at radius 1 is 0.850 bits per heavy atom. The fourth-order valence-electron chi connectivity index (χ4n) is 2.35. The third-order valence-corrected chi connectivity index (χ3v) is 4.11. The summed E-state index contributed by atoms with van der Waals surface area (Å²) in [6.45, 7) is 4.10. The molecule has 0 spiro atoms. The third kappa shape index (κ3) is 14.3. The average Bonchev–Trinajstić information content (AvgIpc) is 2.38. The second-order valence-corrected chi connectivity index (χ2v) is 6.57. The van der Waals surface area contributed by atoms with Gasteiger partial charge in [0.05, 0.1) is 6.10 Å². The largest absolute Gasteiger partial charge is 0.397 e. The van der Waals surface area contributed by atoms with Gasteiger partial charge in [-0.15, -0.1) is 0 Å². The van der Waals surface area contributed by atoms with E-state index in [0.717, 1.165) is 12.8 Å². The molecule has 1 N–H and O–H groups in total. The van der Waals surface area contributed by atoms with E-state index in [0.29, 0.717) is 12.8 Å². The Morgan fingerprint density at radius 2 is 1.30 bits per heavy atom. The molecule has 0 amide bonds. The van der Waals surface area contributed by atoms with Crippen LogP contribution in [-0.4, -0.2) is 19.1 Å². The highest BCUT2D eigenvalue weighted by molar-refractivity contribution is 7.80. The maximum absolute atomic E-state index is 10.6. The molecule has 1 unspecified atom stereocenters. The Hall–Kier alpha value is -0.130. The molecular formula is C15H32O4S. The van der Waals surface area contributed by atoms with Crippen LogP contribution >= 0.6 is 0 Å². The van der Waals surface area contributed by atoms with E-state index in [9.17, 15) is 8.42 Å². The molecule has 0 heterocycles. The quantitative estimate of drug-likeness (QED) is 0.366. The first-order valence-corrected chi connectivity index (χ1v) is 9.51. The van der Waals surface area contributed by atoms with Gasteiger partial charge in [-0.3, -0.25) is 4.55 Å². The fraction of sp³-hybridized carbons (Fsp3) is 1.00. The van der Waals surface area contributed by atoms with Gasteiger partial charge in [0.2, 0.25) is 0 Å². The molecule has 1 atom stereocenters. The highest BCUT2D eigenvalue weighted by Gasteiger charge is 2.14. The van der Waals surface area contributed by atoms with Gasteiger partial charge in [0.25, 0.3) is 0 Å². The molecule has 4 nitrogen and oxygen atoms in total. The molecule has 0 radical (unpaired) electrons. The standard InChI is InChI=1S/C15H32O4S/c1-3-5-6-7-8-9-10-11-12-13-14-15(4-2)19-20(16,17)18/h15H,3-14H2,1-2H3,(H,16,17,18). The summed E-state index contributed by atoms with van der Waals surface area (Å²) >= 11 is 0. The van der Waals surface area contributed by atoms with E-state index in [2.05, 4.69) is 11.1 Å². The molecule has 0 saturated heterocycles. The van der Waals surface area contributed by atoms with Crippen LogP contribution in [0.1, 0.15) is 90.9 Å². The van der Waals surface area contributed by atoms with E-state index in [-0.39, 0.29) is 6.10 Å². The Bertz CT molecular complexity index is 301. The van der Waals surface area contributed by atoms with E-state index in [1.807, 2.05) is 6.92 Å². The van der Waals surface area contributed by atoms with Crippen molar-refractivity contribution < 1.29 is 17.2 Å². The van der Waals surface area contributed by atoms with Crippen LogP contribution < -0.4 is 0 Å². The Kier molecular flexibility index (Phi) is 12.5. The molecule has 122 valence electrons. The highest BCUT2D eigenvalue weighted by atomic mass is 32.3. The zero-order chi connectivity index (χ0) is 15.3. The maximum atomic E-state index is 10.6. The van der Waals surface area contributed by atoms with Crippen LogP contribution in [0.5, 0.6) is 0 Å². The lowest BCUT2D eigenvalue weighted by molar-refractivity contribution is 0.165. The van der Waals surface area contributed by atoms with Crippen molar-refractivity contribution >= 4 is 10.4 Å². The van der Waals surface area contributed by atoms with E-state index in [1.54, 1.807) is 0 Å². The molecule has 0 aromatic heterocycles. The van der Waals surface area contributed by atoms with Crippen molar-refractivity contribution in [2.45, 2.75) is 97.0 Å². The molecule has 20 heavy (non-hydrogen) atoms. The van der Waals surface area contributed by atoms with Gasteiger partial charge >= 0.3 is 10.4 Å². The molecule has 0 bridgehead atoms. The lowest BCUT2D eigenvalue weighted by atomic mass is 10.0. The van der Waals surface area contributed by atoms with E-state index in [4.69, 9.17) is 4.55 Å². The Balaban J connectivity index is 3.38. The number of hydrogen-bond donors (Lipinski definition) is 1. The zero-order valence-electron chi connectivity index (χ0n) is 13.1. The normalized spacial score (nSPS) is 13.6. The molecule has 0 aromatic rings. The molecule has 0 aliphatic heterocycles. The van der Waals surface area contributed by atoms with Gasteiger partial charge in [-0.1, -0.05) is 78.1 Å². The van der Waals surface area contributed by atoms with Crippen molar-refractivity contribution in [3.8, 4) is 0 Å². The van der Waals surface area contributed by atoms with Crippen molar-refractivity contribution in [3.63, 3.8) is 0 Å². The summed E-state index contributed by atoms with van der Waals surface area (Å²) in [5.41, 5.74) is 0. The van der Waals surface area contributed by atoms with E-state index < -0.39 is 10.4 Å². The van der Waals surface area contributed by atoms with Crippen LogP contribution in [0.4, 0.5) is 0 Å². The highest BCUT2D eigenvalue weighted by Crippen LogP contribution is 2.15. The summed E-state index contributed by atoms with van der Waals surface area (Å²) in [6.07, 6.45) is 13.5. The number of hydrogen-bond acceptors (Lipinski definition) is 3. The van der Waals surface area contributed by atoms with Crippen LogP contribution in [0.3, 0.4) is 0 Å². The van der Waals surface area contributed by atoms with Gasteiger partial charge in [-0.25, -0.2) is 4.18 Å². The van der Waals surface area contributed by atoms with Crippen molar-refractivity contribution in [2.24, 2.45) is 0 Å². The van der Waals surface area contributed by atoms with E-state index >= 15 is 0 Å². The monoisotopic (exact) mass is 308 g/mol. The summed E-state index contributed by atoms with van der Waals surface area (Å²) < 4.78 is 34.5. The minimum atomic E-state index is -4.30. The summed E-state index contributed by atoms with van der Waals surface area (Å²) in [7, 11) is -4.30. The van der Waals surface area contributed by atoms with Crippen LogP contribution in [0, 0.1) is 0 Å². The predicted octanol–water partition coefficient (Wildman–Crippen LogP) is 4.90. The van der Waals surface area contributed by atoms with Gasteiger partial charge in [-0.2, -0.15) is 8.42 Å². The Labute approximate surface area is 125 Å². The van der Waals surface area contributed by atoms with Crippen LogP contribution in [0.2, 0.25) is 0 Å². The lowest BCUT2D eigenvalue weighted by Gasteiger charge is -2.12. The summed E-state index contributed by atoms with van der Waals surface area (Å²) in [5, 5.41) is 0. The van der Waals surface area contributed by atoms with Crippen LogP contribution in [-0.2, 0) is 14.6 Å². The van der Waals surface area contributed by atoms with Gasteiger partial charge in [0, 0.05) is 0 Å². The van der Waals surface area contributed by atoms with Gasteiger partial charge in [-0.05, 0) is 12.8 Å². The smallest absolute Gasteiger partial charge is 0.264 e. The average molecular weight is 308 g/mol. The SMILES string of the molecule is CCCCCCCCCCCCC(CC)OS(=O)(=O)O. The van der Waals surface area contributed by atoms with Crippen molar-refractivity contribution in [1.82, 2.24) is 0 Å². The van der Waals surface area contributed by atoms with Crippen molar-refractivity contribution in [1.29, 1.82) is 0 Å². The van der Waals surface area contributed by atoms with Crippen molar-refractivity contribution in [3.05, 3.63) is 0 Å². The fourth-order valence-corrected chi connectivity index (χ4v) is 2.93. The number of unbranched alkanes of at least 4 members (excludes halogenated alkanes) is 9. The first-order valence-electron chi connectivity index (χ1n) is 8.15.